The zero-order valence-electron chi connectivity index (χ0n) is 14.2. The smallest absolute Gasteiger partial charge is 0.224 e. The van der Waals surface area contributed by atoms with E-state index < -0.39 is 0 Å². The van der Waals surface area contributed by atoms with E-state index in [-0.39, 0.29) is 17.9 Å². The minimum atomic E-state index is 0.0144. The second-order valence-corrected chi connectivity index (χ2v) is 6.76. The summed E-state index contributed by atoms with van der Waals surface area (Å²) in [5.41, 5.74) is 2.95. The first kappa shape index (κ1) is 18.2. The number of benzene rings is 1. The van der Waals surface area contributed by atoms with E-state index in [2.05, 4.69) is 22.1 Å². The predicted octanol–water partition coefficient (Wildman–Crippen LogP) is 3.78. The van der Waals surface area contributed by atoms with Crippen molar-refractivity contribution in [1.29, 1.82) is 0 Å². The van der Waals surface area contributed by atoms with Gasteiger partial charge in [-0.1, -0.05) is 19.1 Å². The Morgan fingerprint density at radius 3 is 2.46 bits per heavy atom. The Morgan fingerprint density at radius 2 is 1.83 bits per heavy atom. The molecule has 1 heterocycles. The fourth-order valence-corrected chi connectivity index (χ4v) is 3.16. The molecule has 1 atom stereocenters. The van der Waals surface area contributed by atoms with Crippen LogP contribution in [0.3, 0.4) is 0 Å². The van der Waals surface area contributed by atoms with Crippen LogP contribution in [0.2, 0.25) is 0 Å². The van der Waals surface area contributed by atoms with Gasteiger partial charge in [0, 0.05) is 18.2 Å². The van der Waals surface area contributed by atoms with Gasteiger partial charge in [0.25, 0.3) is 0 Å². The van der Waals surface area contributed by atoms with Gasteiger partial charge in [-0.15, -0.1) is 0 Å². The van der Waals surface area contributed by atoms with Crippen molar-refractivity contribution in [1.82, 2.24) is 5.32 Å². The van der Waals surface area contributed by atoms with Gasteiger partial charge in [0.2, 0.25) is 11.8 Å². The van der Waals surface area contributed by atoms with Gasteiger partial charge in [0.15, 0.2) is 0 Å². The Hall–Kier alpha value is -2.14. The Labute approximate surface area is 147 Å². The monoisotopic (exact) mass is 344 g/mol. The molecule has 1 aromatic heterocycles. The average Bonchev–Trinajstić information content (AvgIpc) is 3.02. The van der Waals surface area contributed by atoms with Crippen molar-refractivity contribution in [3.8, 4) is 0 Å². The molecule has 0 saturated heterocycles. The highest BCUT2D eigenvalue weighted by Gasteiger charge is 2.09. The quantitative estimate of drug-likeness (QED) is 0.766. The maximum atomic E-state index is 12.1. The number of rotatable bonds is 8. The molecule has 2 N–H and O–H groups in total. The molecule has 0 spiro atoms. The van der Waals surface area contributed by atoms with Crippen molar-refractivity contribution >= 4 is 28.8 Å². The van der Waals surface area contributed by atoms with E-state index in [1.807, 2.05) is 43.5 Å². The Morgan fingerprint density at radius 1 is 1.08 bits per heavy atom. The molecule has 0 saturated carbocycles. The Bertz CT molecular complexity index is 651. The fourth-order valence-electron chi connectivity index (χ4n) is 2.48. The summed E-state index contributed by atoms with van der Waals surface area (Å²) in [7, 11) is 0. The van der Waals surface area contributed by atoms with E-state index in [0.29, 0.717) is 12.8 Å². The molecule has 0 fully saturated rings. The van der Waals surface area contributed by atoms with Crippen LogP contribution < -0.4 is 10.6 Å². The van der Waals surface area contributed by atoms with E-state index in [0.717, 1.165) is 24.1 Å². The number of amides is 2. The van der Waals surface area contributed by atoms with Crippen molar-refractivity contribution in [2.45, 2.75) is 45.6 Å². The second-order valence-electron chi connectivity index (χ2n) is 5.98. The summed E-state index contributed by atoms with van der Waals surface area (Å²) in [6.45, 7) is 3.99. The van der Waals surface area contributed by atoms with Crippen molar-refractivity contribution in [2.75, 3.05) is 5.32 Å². The SMILES string of the molecule is CCCC(=O)Nc1ccc(CC(=O)N[C@H](C)Cc2ccsc2)cc1. The summed E-state index contributed by atoms with van der Waals surface area (Å²) >= 11 is 1.67. The molecule has 0 unspecified atom stereocenters. The van der Waals surface area contributed by atoms with Gasteiger partial charge in [0.05, 0.1) is 6.42 Å². The summed E-state index contributed by atoms with van der Waals surface area (Å²) in [5, 5.41) is 10.0. The van der Waals surface area contributed by atoms with Crippen molar-refractivity contribution in [3.63, 3.8) is 0 Å². The second kappa shape index (κ2) is 9.23. The first-order chi connectivity index (χ1) is 11.6. The van der Waals surface area contributed by atoms with Crippen LogP contribution in [0.25, 0.3) is 0 Å². The van der Waals surface area contributed by atoms with E-state index >= 15 is 0 Å². The lowest BCUT2D eigenvalue weighted by Crippen LogP contribution is -2.35. The number of carbonyl (C=O) groups is 2. The molecule has 1 aromatic carbocycles. The number of hydrogen-bond acceptors (Lipinski definition) is 3. The molecule has 0 aliphatic heterocycles. The third-order valence-electron chi connectivity index (χ3n) is 3.61. The van der Waals surface area contributed by atoms with Gasteiger partial charge >= 0.3 is 0 Å². The van der Waals surface area contributed by atoms with Crippen molar-refractivity contribution in [2.24, 2.45) is 0 Å². The summed E-state index contributed by atoms with van der Waals surface area (Å²) in [6, 6.07) is 9.63. The van der Waals surface area contributed by atoms with Crippen LogP contribution in [-0.4, -0.2) is 17.9 Å². The zero-order valence-corrected chi connectivity index (χ0v) is 15.0. The number of thiophene rings is 1. The standard InChI is InChI=1S/C19H24N2O2S/c1-3-4-18(22)21-17-7-5-15(6-8-17)12-19(23)20-14(2)11-16-9-10-24-13-16/h5-10,13-14H,3-4,11-12H2,1-2H3,(H,20,23)(H,21,22)/t14-/m1/s1. The van der Waals surface area contributed by atoms with Gasteiger partial charge in [0.1, 0.15) is 0 Å². The molecular weight excluding hydrogens is 320 g/mol. The highest BCUT2D eigenvalue weighted by Crippen LogP contribution is 2.12. The van der Waals surface area contributed by atoms with Crippen LogP contribution in [0.15, 0.2) is 41.1 Å². The molecule has 0 aliphatic rings. The van der Waals surface area contributed by atoms with E-state index in [4.69, 9.17) is 0 Å². The van der Waals surface area contributed by atoms with Gasteiger partial charge < -0.3 is 10.6 Å². The summed E-state index contributed by atoms with van der Waals surface area (Å²) < 4.78 is 0. The molecule has 2 aromatic rings. The molecule has 0 bridgehead atoms. The Balaban J connectivity index is 1.80. The minimum Gasteiger partial charge on any atom is -0.353 e. The van der Waals surface area contributed by atoms with Crippen molar-refractivity contribution in [3.05, 3.63) is 52.2 Å². The molecule has 5 heteroatoms. The van der Waals surface area contributed by atoms with Crippen LogP contribution in [-0.2, 0) is 22.4 Å². The van der Waals surface area contributed by atoms with E-state index in [1.54, 1.807) is 11.3 Å². The van der Waals surface area contributed by atoms with Crippen LogP contribution in [0.1, 0.15) is 37.8 Å². The molecule has 0 aliphatic carbocycles. The van der Waals surface area contributed by atoms with E-state index in [9.17, 15) is 9.59 Å². The average molecular weight is 344 g/mol. The van der Waals surface area contributed by atoms with Gasteiger partial charge in [-0.25, -0.2) is 0 Å². The van der Waals surface area contributed by atoms with Crippen LogP contribution >= 0.6 is 11.3 Å². The van der Waals surface area contributed by atoms with Gasteiger partial charge in [-0.3, -0.25) is 9.59 Å². The zero-order chi connectivity index (χ0) is 17.4. The normalized spacial score (nSPS) is 11.8. The van der Waals surface area contributed by atoms with Gasteiger partial charge in [-0.05, 0) is 59.9 Å². The first-order valence-electron chi connectivity index (χ1n) is 8.26. The molecule has 2 rings (SSSR count). The molecule has 0 radical (unpaired) electrons. The van der Waals surface area contributed by atoms with Crippen LogP contribution in [0.4, 0.5) is 5.69 Å². The van der Waals surface area contributed by atoms with Gasteiger partial charge in [-0.2, -0.15) is 11.3 Å². The highest BCUT2D eigenvalue weighted by molar-refractivity contribution is 7.07. The third kappa shape index (κ3) is 6.16. The summed E-state index contributed by atoms with van der Waals surface area (Å²) in [4.78, 5) is 23.7. The highest BCUT2D eigenvalue weighted by atomic mass is 32.1. The lowest BCUT2D eigenvalue weighted by atomic mass is 10.1. The minimum absolute atomic E-state index is 0.0144. The lowest BCUT2D eigenvalue weighted by Gasteiger charge is -2.13. The lowest BCUT2D eigenvalue weighted by molar-refractivity contribution is -0.121. The van der Waals surface area contributed by atoms with E-state index in [1.165, 1.54) is 5.56 Å². The first-order valence-corrected chi connectivity index (χ1v) is 9.20. The van der Waals surface area contributed by atoms with Crippen LogP contribution in [0.5, 0.6) is 0 Å². The largest absolute Gasteiger partial charge is 0.353 e. The maximum Gasteiger partial charge on any atom is 0.224 e. The Kier molecular flexibility index (Phi) is 7.00. The van der Waals surface area contributed by atoms with Crippen molar-refractivity contribution < 1.29 is 9.59 Å². The number of hydrogen-bond donors (Lipinski definition) is 2. The number of anilines is 1. The summed E-state index contributed by atoms with van der Waals surface area (Å²) in [6.07, 6.45) is 2.54. The molecule has 2 amide bonds. The third-order valence-corrected chi connectivity index (χ3v) is 4.34. The fraction of sp³-hybridized carbons (Fsp3) is 0.368. The topological polar surface area (TPSA) is 58.2 Å². The summed E-state index contributed by atoms with van der Waals surface area (Å²) in [5.74, 6) is 0.0331. The molecular formula is C19H24N2O2S. The number of nitrogens with one attached hydrogen (secondary N) is 2. The predicted molar refractivity (Wildman–Crippen MR) is 99.3 cm³/mol. The molecule has 128 valence electrons. The number of carbonyl (C=O) groups excluding carboxylic acids is 2. The molecule has 4 nitrogen and oxygen atoms in total. The maximum absolute atomic E-state index is 12.1. The molecule has 24 heavy (non-hydrogen) atoms. The van der Waals surface area contributed by atoms with Crippen LogP contribution in [0, 0.1) is 0 Å².